The van der Waals surface area contributed by atoms with E-state index in [-0.39, 0.29) is 54.0 Å². The second-order valence-corrected chi connectivity index (χ2v) is 8.93. The topological polar surface area (TPSA) is 107 Å². The van der Waals surface area contributed by atoms with E-state index in [2.05, 4.69) is 0 Å². The molecule has 156 valence electrons. The molecule has 0 bridgehead atoms. The van der Waals surface area contributed by atoms with Gasteiger partial charge in [0.25, 0.3) is 5.91 Å². The van der Waals surface area contributed by atoms with Gasteiger partial charge in [-0.2, -0.15) is 4.31 Å². The number of aryl methyl sites for hydroxylation is 2. The molecule has 0 atom stereocenters. The Morgan fingerprint density at radius 1 is 0.931 bits per heavy atom. The van der Waals surface area contributed by atoms with E-state index in [9.17, 15) is 23.4 Å². The van der Waals surface area contributed by atoms with Gasteiger partial charge < -0.3 is 19.8 Å². The molecular weight excluding hydrogens is 396 g/mol. The van der Waals surface area contributed by atoms with Crippen LogP contribution in [0.2, 0.25) is 0 Å². The van der Waals surface area contributed by atoms with Crippen LogP contribution in [0.5, 0.6) is 17.2 Å². The first kappa shape index (κ1) is 20.9. The van der Waals surface area contributed by atoms with Gasteiger partial charge in [-0.05, 0) is 49.2 Å². The van der Waals surface area contributed by atoms with Crippen LogP contribution < -0.4 is 4.74 Å². The number of nitrogens with zero attached hydrogens (tertiary/aromatic N) is 2. The van der Waals surface area contributed by atoms with Crippen molar-refractivity contribution in [2.45, 2.75) is 18.7 Å². The molecule has 0 aliphatic carbocycles. The molecule has 29 heavy (non-hydrogen) atoms. The first-order chi connectivity index (χ1) is 13.6. The van der Waals surface area contributed by atoms with Gasteiger partial charge in [-0.3, -0.25) is 4.79 Å². The van der Waals surface area contributed by atoms with Crippen molar-refractivity contribution in [2.75, 3.05) is 33.3 Å². The van der Waals surface area contributed by atoms with E-state index < -0.39 is 10.0 Å². The van der Waals surface area contributed by atoms with E-state index in [0.29, 0.717) is 5.75 Å². The van der Waals surface area contributed by atoms with Crippen molar-refractivity contribution >= 4 is 15.9 Å². The number of amides is 1. The Morgan fingerprint density at radius 2 is 1.48 bits per heavy atom. The fraction of sp³-hybridized carbons (Fsp3) is 0.350. The zero-order valence-electron chi connectivity index (χ0n) is 16.5. The van der Waals surface area contributed by atoms with Gasteiger partial charge in [0, 0.05) is 37.8 Å². The van der Waals surface area contributed by atoms with Crippen LogP contribution >= 0.6 is 0 Å². The van der Waals surface area contributed by atoms with Crippen LogP contribution in [0.25, 0.3) is 0 Å². The van der Waals surface area contributed by atoms with Crippen molar-refractivity contribution < 1.29 is 28.2 Å². The fourth-order valence-electron chi connectivity index (χ4n) is 3.30. The number of benzene rings is 2. The van der Waals surface area contributed by atoms with E-state index in [1.807, 2.05) is 13.8 Å². The number of carbonyl (C=O) groups is 1. The molecule has 0 aromatic heterocycles. The van der Waals surface area contributed by atoms with Gasteiger partial charge in [-0.1, -0.05) is 0 Å². The van der Waals surface area contributed by atoms with Gasteiger partial charge in [0.2, 0.25) is 10.0 Å². The van der Waals surface area contributed by atoms with Gasteiger partial charge in [-0.25, -0.2) is 8.42 Å². The first-order valence-electron chi connectivity index (χ1n) is 9.11. The van der Waals surface area contributed by atoms with Crippen LogP contribution in [-0.2, 0) is 10.0 Å². The van der Waals surface area contributed by atoms with Crippen LogP contribution in [0, 0.1) is 13.8 Å². The highest BCUT2D eigenvalue weighted by Crippen LogP contribution is 2.30. The van der Waals surface area contributed by atoms with Gasteiger partial charge in [0.15, 0.2) is 0 Å². The van der Waals surface area contributed by atoms with Crippen molar-refractivity contribution in [3.63, 3.8) is 0 Å². The summed E-state index contributed by atoms with van der Waals surface area (Å²) < 4.78 is 32.9. The highest BCUT2D eigenvalue weighted by molar-refractivity contribution is 7.89. The molecule has 0 saturated carbocycles. The van der Waals surface area contributed by atoms with Crippen molar-refractivity contribution in [3.8, 4) is 17.2 Å². The number of methoxy groups -OCH3 is 1. The number of hydrogen-bond acceptors (Lipinski definition) is 6. The van der Waals surface area contributed by atoms with Gasteiger partial charge >= 0.3 is 0 Å². The van der Waals surface area contributed by atoms with Crippen molar-refractivity contribution in [2.24, 2.45) is 0 Å². The number of aromatic hydroxyl groups is 2. The predicted octanol–water partition coefficient (Wildman–Crippen LogP) is 1.87. The van der Waals surface area contributed by atoms with E-state index in [4.69, 9.17) is 4.74 Å². The Labute approximate surface area is 170 Å². The van der Waals surface area contributed by atoms with E-state index in [0.717, 1.165) is 17.2 Å². The minimum atomic E-state index is -3.78. The smallest absolute Gasteiger partial charge is 0.254 e. The average molecular weight is 420 g/mol. The summed E-state index contributed by atoms with van der Waals surface area (Å²) in [5.74, 6) is -0.508. The number of rotatable bonds is 4. The maximum atomic E-state index is 13.1. The molecule has 0 unspecified atom stereocenters. The second kappa shape index (κ2) is 7.92. The predicted molar refractivity (Wildman–Crippen MR) is 107 cm³/mol. The summed E-state index contributed by atoms with van der Waals surface area (Å²) in [5.41, 5.74) is 1.93. The largest absolute Gasteiger partial charge is 0.508 e. The molecule has 9 heteroatoms. The summed E-state index contributed by atoms with van der Waals surface area (Å²) in [4.78, 5) is 14.2. The molecular formula is C20H24N2O6S. The lowest BCUT2D eigenvalue weighted by molar-refractivity contribution is 0.0697. The summed E-state index contributed by atoms with van der Waals surface area (Å²) in [6, 6.07) is 6.99. The van der Waals surface area contributed by atoms with Crippen LogP contribution in [0.3, 0.4) is 0 Å². The monoisotopic (exact) mass is 420 g/mol. The Balaban J connectivity index is 1.78. The lowest BCUT2D eigenvalue weighted by Gasteiger charge is -2.34. The maximum Gasteiger partial charge on any atom is 0.254 e. The molecule has 1 aliphatic rings. The third-order valence-corrected chi connectivity index (χ3v) is 6.99. The molecule has 1 heterocycles. The third-order valence-electron chi connectivity index (χ3n) is 5.07. The second-order valence-electron chi connectivity index (χ2n) is 7.02. The Bertz CT molecular complexity index is 1020. The molecule has 1 saturated heterocycles. The van der Waals surface area contributed by atoms with Crippen LogP contribution in [0.15, 0.2) is 35.2 Å². The summed E-state index contributed by atoms with van der Waals surface area (Å²) in [7, 11) is -2.35. The van der Waals surface area contributed by atoms with Crippen molar-refractivity contribution in [1.82, 2.24) is 9.21 Å². The summed E-state index contributed by atoms with van der Waals surface area (Å²) >= 11 is 0. The molecule has 1 fully saturated rings. The van der Waals surface area contributed by atoms with Crippen LogP contribution in [0.1, 0.15) is 21.5 Å². The Morgan fingerprint density at radius 3 is 2.03 bits per heavy atom. The van der Waals surface area contributed by atoms with Gasteiger partial charge in [0.05, 0.1) is 7.11 Å². The van der Waals surface area contributed by atoms with Gasteiger partial charge in [0.1, 0.15) is 22.1 Å². The normalized spacial score (nSPS) is 15.3. The molecule has 0 radical (unpaired) electrons. The number of phenolic OH excluding ortho intramolecular Hbond substituents is 2. The number of carbonyl (C=O) groups excluding carboxylic acids is 1. The lowest BCUT2D eigenvalue weighted by Crippen LogP contribution is -2.50. The minimum Gasteiger partial charge on any atom is -0.508 e. The number of piperazine rings is 1. The quantitative estimate of drug-likeness (QED) is 0.782. The highest BCUT2D eigenvalue weighted by atomic mass is 32.2. The Kier molecular flexibility index (Phi) is 5.72. The van der Waals surface area contributed by atoms with Crippen molar-refractivity contribution in [3.05, 3.63) is 47.0 Å². The van der Waals surface area contributed by atoms with Crippen LogP contribution in [-0.4, -0.2) is 67.0 Å². The summed E-state index contributed by atoms with van der Waals surface area (Å²) in [6.07, 6.45) is 0. The van der Waals surface area contributed by atoms with E-state index >= 15 is 0 Å². The lowest BCUT2D eigenvalue weighted by atomic mass is 10.1. The minimum absolute atomic E-state index is 0.112. The first-order valence-corrected chi connectivity index (χ1v) is 10.5. The number of hydrogen-bond donors (Lipinski definition) is 2. The average Bonchev–Trinajstić information content (AvgIpc) is 2.68. The standard InChI is InChI=1S/C20H24N2O6S/c1-13-8-18(28-3)19(9-14(13)2)29(26,27)22-6-4-21(5-7-22)20(25)15-10-16(23)12-17(24)11-15/h8-12,23-24H,4-7H2,1-3H3. The molecule has 1 aliphatic heterocycles. The molecule has 1 amide bonds. The SMILES string of the molecule is COc1cc(C)c(C)cc1S(=O)(=O)N1CCN(C(=O)c2cc(O)cc(O)c2)CC1. The van der Waals surface area contributed by atoms with Crippen LogP contribution in [0.4, 0.5) is 0 Å². The molecule has 8 nitrogen and oxygen atoms in total. The summed E-state index contributed by atoms with van der Waals surface area (Å²) in [5, 5.41) is 19.2. The zero-order chi connectivity index (χ0) is 21.3. The molecule has 2 aromatic carbocycles. The molecule has 2 N–H and O–H groups in total. The number of sulfonamides is 1. The summed E-state index contributed by atoms with van der Waals surface area (Å²) in [6.45, 7) is 4.39. The van der Waals surface area contributed by atoms with Gasteiger partial charge in [-0.15, -0.1) is 0 Å². The Hall–Kier alpha value is -2.78. The zero-order valence-corrected chi connectivity index (χ0v) is 17.4. The van der Waals surface area contributed by atoms with E-state index in [1.165, 1.54) is 28.4 Å². The van der Waals surface area contributed by atoms with Crippen molar-refractivity contribution in [1.29, 1.82) is 0 Å². The molecule has 3 rings (SSSR count). The maximum absolute atomic E-state index is 13.1. The highest BCUT2D eigenvalue weighted by Gasteiger charge is 2.32. The fourth-order valence-corrected chi connectivity index (χ4v) is 4.94. The van der Waals surface area contributed by atoms with E-state index in [1.54, 1.807) is 12.1 Å². The molecule has 2 aromatic rings. The molecule has 0 spiro atoms. The number of ether oxygens (including phenoxy) is 1. The number of phenols is 2. The third kappa shape index (κ3) is 4.15.